The fraction of sp³-hybridized carbons (Fsp3) is 0.588. The zero-order valence-corrected chi connectivity index (χ0v) is 13.1. The van der Waals surface area contributed by atoms with E-state index in [0.717, 1.165) is 24.4 Å². The molecule has 1 aliphatic rings. The number of rotatable bonds is 5. The van der Waals surface area contributed by atoms with Crippen molar-refractivity contribution in [3.05, 3.63) is 30.1 Å². The van der Waals surface area contributed by atoms with Crippen molar-refractivity contribution in [2.24, 2.45) is 5.73 Å². The highest BCUT2D eigenvalue weighted by Gasteiger charge is 2.26. The lowest BCUT2D eigenvalue weighted by Crippen LogP contribution is -2.34. The summed E-state index contributed by atoms with van der Waals surface area (Å²) in [5.41, 5.74) is 8.37. The fourth-order valence-corrected chi connectivity index (χ4v) is 3.56. The Morgan fingerprint density at radius 2 is 2.14 bits per heavy atom. The molecule has 0 spiro atoms. The van der Waals surface area contributed by atoms with Gasteiger partial charge in [-0.1, -0.05) is 18.9 Å². The minimum absolute atomic E-state index is 0.145. The quantitative estimate of drug-likeness (QED) is 0.919. The Kier molecular flexibility index (Phi) is 4.15. The smallest absolute Gasteiger partial charge is 0.151 e. The van der Waals surface area contributed by atoms with Crippen LogP contribution in [0.2, 0.25) is 0 Å². The first-order valence-electron chi connectivity index (χ1n) is 8.19. The third-order valence-electron chi connectivity index (χ3n) is 4.50. The molecule has 2 heterocycles. The maximum atomic E-state index is 6.08. The lowest BCUT2D eigenvalue weighted by molar-refractivity contribution is 0.607. The summed E-state index contributed by atoms with van der Waals surface area (Å²) in [6, 6.07) is 6.98. The van der Waals surface area contributed by atoms with Crippen molar-refractivity contribution in [3.8, 4) is 0 Å². The number of pyridine rings is 1. The molecule has 114 valence electrons. The van der Waals surface area contributed by atoms with Crippen LogP contribution in [0.3, 0.4) is 0 Å². The van der Waals surface area contributed by atoms with Crippen LogP contribution in [-0.2, 0) is 6.42 Å². The number of aromatic nitrogens is 2. The van der Waals surface area contributed by atoms with Gasteiger partial charge in [-0.15, -0.1) is 0 Å². The molecule has 2 aromatic heterocycles. The van der Waals surface area contributed by atoms with Gasteiger partial charge in [0.15, 0.2) is 5.82 Å². The van der Waals surface area contributed by atoms with Crippen LogP contribution in [0.25, 0.3) is 5.65 Å². The SMILES string of the molecule is CCN(c1nc2ccccn2c1CC(C)N)C1CCCC1. The van der Waals surface area contributed by atoms with Crippen molar-refractivity contribution in [3.63, 3.8) is 0 Å². The Bertz CT molecular complexity index is 596. The van der Waals surface area contributed by atoms with E-state index in [-0.39, 0.29) is 6.04 Å². The van der Waals surface area contributed by atoms with E-state index in [2.05, 4.69) is 41.5 Å². The first kappa shape index (κ1) is 14.4. The summed E-state index contributed by atoms with van der Waals surface area (Å²) in [6.07, 6.45) is 8.24. The molecule has 21 heavy (non-hydrogen) atoms. The highest BCUT2D eigenvalue weighted by Crippen LogP contribution is 2.30. The van der Waals surface area contributed by atoms with Gasteiger partial charge in [0.1, 0.15) is 5.65 Å². The van der Waals surface area contributed by atoms with Crippen molar-refractivity contribution in [2.75, 3.05) is 11.4 Å². The third-order valence-corrected chi connectivity index (χ3v) is 4.50. The summed E-state index contributed by atoms with van der Waals surface area (Å²) in [5.74, 6) is 1.15. The lowest BCUT2D eigenvalue weighted by Gasteiger charge is -2.29. The Hall–Kier alpha value is -1.55. The summed E-state index contributed by atoms with van der Waals surface area (Å²) in [5, 5.41) is 0. The standard InChI is InChI=1S/C17H26N4/c1-3-20(14-8-4-5-9-14)17-15(12-13(2)18)21-11-7-6-10-16(21)19-17/h6-7,10-11,13-14H,3-5,8-9,12,18H2,1-2H3. The first-order chi connectivity index (χ1) is 10.2. The van der Waals surface area contributed by atoms with Gasteiger partial charge < -0.3 is 15.0 Å². The highest BCUT2D eigenvalue weighted by molar-refractivity contribution is 5.56. The molecule has 1 aliphatic carbocycles. The van der Waals surface area contributed by atoms with Gasteiger partial charge in [-0.3, -0.25) is 0 Å². The largest absolute Gasteiger partial charge is 0.352 e. The van der Waals surface area contributed by atoms with Crippen LogP contribution in [0.15, 0.2) is 24.4 Å². The van der Waals surface area contributed by atoms with Crippen LogP contribution < -0.4 is 10.6 Å². The first-order valence-corrected chi connectivity index (χ1v) is 8.19. The summed E-state index contributed by atoms with van der Waals surface area (Å²) in [4.78, 5) is 7.41. The summed E-state index contributed by atoms with van der Waals surface area (Å²) in [6.45, 7) is 5.32. The number of anilines is 1. The average molecular weight is 286 g/mol. The van der Waals surface area contributed by atoms with Gasteiger partial charge in [0.25, 0.3) is 0 Å². The Balaban J connectivity index is 2.06. The van der Waals surface area contributed by atoms with E-state index in [0.29, 0.717) is 6.04 Å². The zero-order valence-electron chi connectivity index (χ0n) is 13.1. The second-order valence-corrected chi connectivity index (χ2v) is 6.22. The summed E-state index contributed by atoms with van der Waals surface area (Å²) >= 11 is 0. The minimum Gasteiger partial charge on any atom is -0.352 e. The normalized spacial score (nSPS) is 17.5. The zero-order chi connectivity index (χ0) is 14.8. The number of hydrogen-bond acceptors (Lipinski definition) is 3. The number of nitrogens with zero attached hydrogens (tertiary/aromatic N) is 3. The topological polar surface area (TPSA) is 46.6 Å². The van der Waals surface area contributed by atoms with Gasteiger partial charge in [0.2, 0.25) is 0 Å². The number of fused-ring (bicyclic) bond motifs is 1. The molecule has 0 amide bonds. The minimum atomic E-state index is 0.145. The van der Waals surface area contributed by atoms with Crippen LogP contribution in [0.1, 0.15) is 45.2 Å². The molecule has 0 aromatic carbocycles. The molecule has 0 saturated heterocycles. The highest BCUT2D eigenvalue weighted by atomic mass is 15.3. The summed E-state index contributed by atoms with van der Waals surface area (Å²) in [7, 11) is 0. The van der Waals surface area contributed by atoms with Crippen LogP contribution in [0, 0.1) is 0 Å². The van der Waals surface area contributed by atoms with E-state index in [1.165, 1.54) is 31.4 Å². The monoisotopic (exact) mass is 286 g/mol. The van der Waals surface area contributed by atoms with E-state index in [4.69, 9.17) is 10.7 Å². The Labute approximate surface area is 127 Å². The molecule has 3 rings (SSSR count). The van der Waals surface area contributed by atoms with Gasteiger partial charge >= 0.3 is 0 Å². The van der Waals surface area contributed by atoms with Crippen LogP contribution in [-0.4, -0.2) is 28.0 Å². The second kappa shape index (κ2) is 6.06. The predicted molar refractivity (Wildman–Crippen MR) is 87.8 cm³/mol. The van der Waals surface area contributed by atoms with Crippen LogP contribution in [0.5, 0.6) is 0 Å². The molecule has 2 N–H and O–H groups in total. The molecule has 1 saturated carbocycles. The maximum absolute atomic E-state index is 6.08. The van der Waals surface area contributed by atoms with E-state index in [9.17, 15) is 0 Å². The molecular weight excluding hydrogens is 260 g/mol. The van der Waals surface area contributed by atoms with Crippen LogP contribution >= 0.6 is 0 Å². The fourth-order valence-electron chi connectivity index (χ4n) is 3.56. The lowest BCUT2D eigenvalue weighted by atomic mass is 10.1. The second-order valence-electron chi connectivity index (χ2n) is 6.22. The summed E-state index contributed by atoms with van der Waals surface area (Å²) < 4.78 is 2.20. The molecule has 0 aliphatic heterocycles. The van der Waals surface area contributed by atoms with Gasteiger partial charge in [0.05, 0.1) is 5.69 Å². The molecule has 1 unspecified atom stereocenters. The average Bonchev–Trinajstić information content (AvgIpc) is 3.09. The van der Waals surface area contributed by atoms with E-state index in [1.807, 2.05) is 6.07 Å². The van der Waals surface area contributed by atoms with E-state index >= 15 is 0 Å². The molecule has 4 nitrogen and oxygen atoms in total. The Morgan fingerprint density at radius 1 is 1.38 bits per heavy atom. The van der Waals surface area contributed by atoms with Gasteiger partial charge in [-0.25, -0.2) is 4.98 Å². The molecule has 0 bridgehead atoms. The van der Waals surface area contributed by atoms with Crippen molar-refractivity contribution in [1.29, 1.82) is 0 Å². The van der Waals surface area contributed by atoms with Gasteiger partial charge in [-0.2, -0.15) is 0 Å². The number of imidazole rings is 1. The van der Waals surface area contributed by atoms with Gasteiger partial charge in [-0.05, 0) is 38.8 Å². The molecule has 1 fully saturated rings. The molecule has 4 heteroatoms. The van der Waals surface area contributed by atoms with Gasteiger partial charge in [0, 0.05) is 31.2 Å². The van der Waals surface area contributed by atoms with Crippen molar-refractivity contribution in [2.45, 2.75) is 58.0 Å². The van der Waals surface area contributed by atoms with Crippen molar-refractivity contribution in [1.82, 2.24) is 9.38 Å². The van der Waals surface area contributed by atoms with Crippen molar-refractivity contribution >= 4 is 11.5 Å². The molecule has 1 atom stereocenters. The van der Waals surface area contributed by atoms with E-state index < -0.39 is 0 Å². The van der Waals surface area contributed by atoms with Crippen molar-refractivity contribution < 1.29 is 0 Å². The van der Waals surface area contributed by atoms with Crippen LogP contribution in [0.4, 0.5) is 5.82 Å². The molecular formula is C17H26N4. The Morgan fingerprint density at radius 3 is 2.81 bits per heavy atom. The number of nitrogens with two attached hydrogens (primary N) is 1. The number of hydrogen-bond donors (Lipinski definition) is 1. The molecule has 2 aromatic rings. The predicted octanol–water partition coefficient (Wildman–Crippen LogP) is 2.99. The maximum Gasteiger partial charge on any atom is 0.151 e. The molecule has 0 radical (unpaired) electrons. The van der Waals surface area contributed by atoms with E-state index in [1.54, 1.807) is 0 Å². The third kappa shape index (κ3) is 2.77.